The first-order valence-electron chi connectivity index (χ1n) is 8.03. The number of benzene rings is 1. The van der Waals surface area contributed by atoms with Crippen LogP contribution in [0.4, 0.5) is 5.69 Å². The van der Waals surface area contributed by atoms with Crippen LogP contribution in [0.5, 0.6) is 5.75 Å². The van der Waals surface area contributed by atoms with Crippen LogP contribution in [0.2, 0.25) is 0 Å². The van der Waals surface area contributed by atoms with Crippen molar-refractivity contribution in [3.63, 3.8) is 0 Å². The molecular formula is C18H23N2O2S+. The van der Waals surface area contributed by atoms with Crippen LogP contribution in [-0.4, -0.2) is 25.6 Å². The average molecular weight is 331 g/mol. The number of thiophene rings is 1. The second kappa shape index (κ2) is 7.15. The van der Waals surface area contributed by atoms with Crippen molar-refractivity contribution in [2.45, 2.75) is 31.8 Å². The Bertz CT molecular complexity index is 657. The average Bonchev–Trinajstić information content (AvgIpc) is 3.25. The van der Waals surface area contributed by atoms with Gasteiger partial charge in [-0.05, 0) is 30.5 Å². The van der Waals surface area contributed by atoms with Crippen LogP contribution in [0.15, 0.2) is 41.8 Å². The van der Waals surface area contributed by atoms with Crippen LogP contribution in [0, 0.1) is 0 Å². The topological polar surface area (TPSA) is 42.8 Å². The van der Waals surface area contributed by atoms with E-state index in [0.717, 1.165) is 18.7 Å². The summed E-state index contributed by atoms with van der Waals surface area (Å²) in [5.74, 6) is 0.743. The number of anilines is 1. The van der Waals surface area contributed by atoms with Gasteiger partial charge in [-0.15, -0.1) is 11.3 Å². The third-order valence-corrected chi connectivity index (χ3v) is 5.59. The first-order valence-corrected chi connectivity index (χ1v) is 8.91. The van der Waals surface area contributed by atoms with Gasteiger partial charge in [0.15, 0.2) is 6.04 Å². The second-order valence-corrected chi connectivity index (χ2v) is 6.93. The summed E-state index contributed by atoms with van der Waals surface area (Å²) in [4.78, 5) is 15.4. The summed E-state index contributed by atoms with van der Waals surface area (Å²) in [6.07, 6.45) is 2.33. The summed E-state index contributed by atoms with van der Waals surface area (Å²) in [5.41, 5.74) is 0.734. The lowest BCUT2D eigenvalue weighted by atomic mass is 10.1. The predicted molar refractivity (Wildman–Crippen MR) is 93.2 cm³/mol. The van der Waals surface area contributed by atoms with Crippen molar-refractivity contribution in [1.82, 2.24) is 0 Å². The van der Waals surface area contributed by atoms with Crippen molar-refractivity contribution in [3.05, 3.63) is 46.7 Å². The normalized spacial score (nSPS) is 21.8. The lowest BCUT2D eigenvalue weighted by Gasteiger charge is -2.26. The van der Waals surface area contributed by atoms with Crippen molar-refractivity contribution in [2.24, 2.45) is 0 Å². The van der Waals surface area contributed by atoms with E-state index in [4.69, 9.17) is 4.74 Å². The molecule has 23 heavy (non-hydrogen) atoms. The molecule has 122 valence electrons. The summed E-state index contributed by atoms with van der Waals surface area (Å²) in [7, 11) is 1.62. The minimum atomic E-state index is -0.0884. The highest BCUT2D eigenvalue weighted by Gasteiger charge is 2.37. The van der Waals surface area contributed by atoms with Crippen molar-refractivity contribution in [2.75, 3.05) is 19.0 Å². The van der Waals surface area contributed by atoms with Crippen molar-refractivity contribution in [3.8, 4) is 5.75 Å². The van der Waals surface area contributed by atoms with E-state index in [1.54, 1.807) is 18.4 Å². The summed E-state index contributed by atoms with van der Waals surface area (Å²) in [6, 6.07) is 12.2. The number of rotatable bonds is 5. The molecule has 1 amide bonds. The van der Waals surface area contributed by atoms with Gasteiger partial charge in [-0.1, -0.05) is 18.2 Å². The molecule has 0 saturated carbocycles. The van der Waals surface area contributed by atoms with Gasteiger partial charge in [0.1, 0.15) is 11.8 Å². The molecule has 1 fully saturated rings. The molecule has 0 spiro atoms. The quantitative estimate of drug-likeness (QED) is 0.884. The van der Waals surface area contributed by atoms with Gasteiger partial charge in [0.25, 0.3) is 5.91 Å². The van der Waals surface area contributed by atoms with Gasteiger partial charge in [0.05, 0.1) is 24.2 Å². The molecule has 1 unspecified atom stereocenters. The second-order valence-electron chi connectivity index (χ2n) is 5.95. The summed E-state index contributed by atoms with van der Waals surface area (Å²) in [5, 5.41) is 5.14. The Kier molecular flexibility index (Phi) is 4.98. The Balaban J connectivity index is 1.72. The van der Waals surface area contributed by atoms with E-state index in [-0.39, 0.29) is 11.9 Å². The molecule has 1 aliphatic heterocycles. The molecule has 2 N–H and O–H groups in total. The maximum Gasteiger partial charge on any atom is 0.282 e. The van der Waals surface area contributed by atoms with E-state index in [1.807, 2.05) is 31.2 Å². The monoisotopic (exact) mass is 331 g/mol. The number of nitrogens with one attached hydrogen (secondary N) is 2. The van der Waals surface area contributed by atoms with Crippen molar-refractivity contribution >= 4 is 22.9 Å². The lowest BCUT2D eigenvalue weighted by molar-refractivity contribution is -0.931. The fourth-order valence-corrected chi connectivity index (χ4v) is 4.26. The third-order valence-electron chi connectivity index (χ3n) is 4.61. The molecule has 0 bridgehead atoms. The number of hydrogen-bond acceptors (Lipinski definition) is 3. The third kappa shape index (κ3) is 3.41. The van der Waals surface area contributed by atoms with Gasteiger partial charge < -0.3 is 15.0 Å². The zero-order valence-corrected chi connectivity index (χ0v) is 14.4. The number of para-hydroxylation sites is 2. The molecule has 0 aliphatic carbocycles. The van der Waals surface area contributed by atoms with E-state index in [9.17, 15) is 4.79 Å². The molecule has 1 aliphatic rings. The highest BCUT2D eigenvalue weighted by molar-refractivity contribution is 7.10. The molecule has 5 heteroatoms. The minimum absolute atomic E-state index is 0.0490. The summed E-state index contributed by atoms with van der Waals surface area (Å²) >= 11 is 1.79. The number of carbonyl (C=O) groups is 1. The van der Waals surface area contributed by atoms with Gasteiger partial charge >= 0.3 is 0 Å². The molecule has 2 aromatic rings. The first kappa shape index (κ1) is 16.0. The Morgan fingerprint density at radius 1 is 1.35 bits per heavy atom. The lowest BCUT2D eigenvalue weighted by Crippen LogP contribution is -3.15. The highest BCUT2D eigenvalue weighted by Crippen LogP contribution is 2.25. The minimum Gasteiger partial charge on any atom is -0.495 e. The van der Waals surface area contributed by atoms with Crippen LogP contribution in [0.25, 0.3) is 0 Å². The van der Waals surface area contributed by atoms with Gasteiger partial charge in [0, 0.05) is 12.8 Å². The van der Waals surface area contributed by atoms with Crippen molar-refractivity contribution < 1.29 is 14.4 Å². The SMILES string of the molecule is COc1ccccc1NC(=O)[C@H](C)[NH+]1CCC[C@@H]1c1cccs1. The highest BCUT2D eigenvalue weighted by atomic mass is 32.1. The Labute approximate surface area is 141 Å². The maximum absolute atomic E-state index is 12.7. The molecular weight excluding hydrogens is 308 g/mol. The number of likely N-dealkylation sites (tertiary alicyclic amines) is 1. The number of hydrogen-bond donors (Lipinski definition) is 2. The van der Waals surface area contributed by atoms with Crippen LogP contribution in [0.1, 0.15) is 30.7 Å². The zero-order chi connectivity index (χ0) is 16.2. The Morgan fingerprint density at radius 2 is 2.17 bits per heavy atom. The van der Waals surface area contributed by atoms with Gasteiger partial charge in [-0.3, -0.25) is 4.79 Å². The number of ether oxygens (including phenoxy) is 1. The molecule has 0 radical (unpaired) electrons. The van der Waals surface area contributed by atoms with Gasteiger partial charge in [0.2, 0.25) is 0 Å². The predicted octanol–water partition coefficient (Wildman–Crippen LogP) is 2.50. The van der Waals surface area contributed by atoms with E-state index in [1.165, 1.54) is 16.2 Å². The number of carbonyl (C=O) groups excluding carboxylic acids is 1. The number of quaternary nitrogens is 1. The van der Waals surface area contributed by atoms with E-state index >= 15 is 0 Å². The Hall–Kier alpha value is -1.85. The standard InChI is InChI=1S/C18H22N2O2S/c1-13(18(21)19-14-7-3-4-9-16(14)22-2)20-11-5-8-15(20)17-10-6-12-23-17/h3-4,6-7,9-10,12-13,15H,5,8,11H2,1-2H3,(H,19,21)/p+1/t13-,15+/m0/s1. The van der Waals surface area contributed by atoms with Gasteiger partial charge in [-0.2, -0.15) is 0 Å². The summed E-state index contributed by atoms with van der Waals surface area (Å²) in [6.45, 7) is 3.06. The Morgan fingerprint density at radius 3 is 2.91 bits per heavy atom. The molecule has 3 rings (SSSR count). The van der Waals surface area contributed by atoms with E-state index in [0.29, 0.717) is 11.8 Å². The maximum atomic E-state index is 12.7. The van der Waals surface area contributed by atoms with Gasteiger partial charge in [-0.25, -0.2) is 0 Å². The van der Waals surface area contributed by atoms with E-state index < -0.39 is 0 Å². The van der Waals surface area contributed by atoms with Crippen LogP contribution in [0.3, 0.4) is 0 Å². The van der Waals surface area contributed by atoms with Crippen LogP contribution < -0.4 is 15.0 Å². The fourth-order valence-electron chi connectivity index (χ4n) is 3.36. The molecule has 2 heterocycles. The molecule has 1 saturated heterocycles. The molecule has 1 aromatic heterocycles. The number of methoxy groups -OCH3 is 1. The molecule has 4 nitrogen and oxygen atoms in total. The zero-order valence-electron chi connectivity index (χ0n) is 13.5. The molecule has 3 atom stereocenters. The van der Waals surface area contributed by atoms with Crippen LogP contribution >= 0.6 is 11.3 Å². The number of amides is 1. The first-order chi connectivity index (χ1) is 11.2. The van der Waals surface area contributed by atoms with Crippen molar-refractivity contribution in [1.29, 1.82) is 0 Å². The van der Waals surface area contributed by atoms with Crippen LogP contribution in [-0.2, 0) is 4.79 Å². The summed E-state index contributed by atoms with van der Waals surface area (Å²) < 4.78 is 5.31. The molecule has 1 aromatic carbocycles. The fraction of sp³-hybridized carbons (Fsp3) is 0.389. The smallest absolute Gasteiger partial charge is 0.282 e. The largest absolute Gasteiger partial charge is 0.495 e. The van der Waals surface area contributed by atoms with E-state index in [2.05, 4.69) is 22.8 Å².